The zero-order valence-corrected chi connectivity index (χ0v) is 15.6. The zero-order valence-electron chi connectivity index (χ0n) is 14.7. The Morgan fingerprint density at radius 2 is 1.74 bits per heavy atom. The number of aromatic nitrogens is 2. The van der Waals surface area contributed by atoms with Gasteiger partial charge in [-0.1, -0.05) is 43.8 Å². The van der Waals surface area contributed by atoms with E-state index >= 15 is 0 Å². The number of thioether (sulfide) groups is 1. The van der Waals surface area contributed by atoms with Crippen LogP contribution in [-0.2, 0) is 5.75 Å². The van der Waals surface area contributed by atoms with E-state index in [2.05, 4.69) is 9.97 Å². The molecule has 0 aliphatic heterocycles. The van der Waals surface area contributed by atoms with Gasteiger partial charge in [-0.3, -0.25) is 0 Å². The molecule has 0 aliphatic rings. The number of nitrogens with zero attached hydrogens (tertiary/aromatic N) is 2. The minimum atomic E-state index is -0.819. The summed E-state index contributed by atoms with van der Waals surface area (Å²) in [4.78, 5) is 8.72. The van der Waals surface area contributed by atoms with Gasteiger partial charge in [0.25, 0.3) is 0 Å². The highest BCUT2D eigenvalue weighted by atomic mass is 32.2. The molecule has 0 aliphatic carbocycles. The van der Waals surface area contributed by atoms with E-state index in [4.69, 9.17) is 4.74 Å². The molecule has 7 heteroatoms. The molecule has 0 amide bonds. The van der Waals surface area contributed by atoms with E-state index in [9.17, 15) is 13.2 Å². The maximum absolute atomic E-state index is 13.9. The van der Waals surface area contributed by atoms with E-state index in [1.54, 1.807) is 24.3 Å². The summed E-state index contributed by atoms with van der Waals surface area (Å²) in [5, 5.41) is 0.391. The number of benzene rings is 2. The Morgan fingerprint density at radius 1 is 0.963 bits per heavy atom. The quantitative estimate of drug-likeness (QED) is 0.376. The monoisotopic (exact) mass is 390 g/mol. The van der Waals surface area contributed by atoms with Gasteiger partial charge in [0.1, 0.15) is 11.6 Å². The van der Waals surface area contributed by atoms with Crippen LogP contribution in [-0.4, -0.2) is 9.97 Å². The number of hydrogen-bond acceptors (Lipinski definition) is 4. The normalized spacial score (nSPS) is 11.0. The number of hydrogen-bond donors (Lipinski definition) is 0. The van der Waals surface area contributed by atoms with Crippen LogP contribution in [0.1, 0.15) is 31.0 Å². The Kier molecular flexibility index (Phi) is 6.01. The van der Waals surface area contributed by atoms with Crippen LogP contribution in [0.4, 0.5) is 13.2 Å². The lowest BCUT2D eigenvalue weighted by Gasteiger charge is -2.11. The molecule has 0 bridgehead atoms. The molecule has 2 aromatic carbocycles. The minimum Gasteiger partial charge on any atom is -0.436 e. The largest absolute Gasteiger partial charge is 0.436 e. The first kappa shape index (κ1) is 19.2. The molecule has 0 N–H and O–H groups in total. The average molecular weight is 390 g/mol. The first-order chi connectivity index (χ1) is 12.9. The lowest BCUT2D eigenvalue weighted by Crippen LogP contribution is -2.01. The van der Waals surface area contributed by atoms with Crippen LogP contribution in [0.3, 0.4) is 0 Å². The Morgan fingerprint density at radius 3 is 2.44 bits per heavy atom. The summed E-state index contributed by atoms with van der Waals surface area (Å²) in [6.07, 6.45) is 0. The zero-order chi connectivity index (χ0) is 19.4. The summed E-state index contributed by atoms with van der Waals surface area (Å²) in [7, 11) is 0. The van der Waals surface area contributed by atoms with Crippen molar-refractivity contribution in [2.45, 2.75) is 30.7 Å². The van der Waals surface area contributed by atoms with Crippen LogP contribution in [0.25, 0.3) is 0 Å². The third kappa shape index (κ3) is 5.01. The molecule has 3 nitrogen and oxygen atoms in total. The van der Waals surface area contributed by atoms with Crippen LogP contribution < -0.4 is 4.74 Å². The maximum Gasteiger partial charge on any atom is 0.223 e. The van der Waals surface area contributed by atoms with Gasteiger partial charge in [0, 0.05) is 17.9 Å². The van der Waals surface area contributed by atoms with Gasteiger partial charge < -0.3 is 4.74 Å². The third-order valence-electron chi connectivity index (χ3n) is 3.72. The van der Waals surface area contributed by atoms with Crippen LogP contribution in [0.15, 0.2) is 53.7 Å². The number of ether oxygens (including phenoxy) is 1. The summed E-state index contributed by atoms with van der Waals surface area (Å²) < 4.78 is 46.2. The maximum atomic E-state index is 13.9. The minimum absolute atomic E-state index is 0.0845. The van der Waals surface area contributed by atoms with Crippen molar-refractivity contribution >= 4 is 11.8 Å². The lowest BCUT2D eigenvalue weighted by atomic mass is 10.1. The highest BCUT2D eigenvalue weighted by Crippen LogP contribution is 2.29. The smallest absolute Gasteiger partial charge is 0.223 e. The highest BCUT2D eigenvalue weighted by Gasteiger charge is 2.13. The highest BCUT2D eigenvalue weighted by molar-refractivity contribution is 7.98. The van der Waals surface area contributed by atoms with Crippen molar-refractivity contribution in [2.75, 3.05) is 0 Å². The molecular formula is C20H17F3N2OS. The molecule has 0 atom stereocenters. The molecule has 3 rings (SSSR count). The molecule has 0 radical (unpaired) electrons. The molecular weight excluding hydrogens is 373 g/mol. The van der Waals surface area contributed by atoms with Gasteiger partial charge in [0.05, 0.1) is 5.69 Å². The van der Waals surface area contributed by atoms with Crippen molar-refractivity contribution in [1.82, 2.24) is 9.97 Å². The number of halogens is 3. The molecule has 1 heterocycles. The fourth-order valence-electron chi connectivity index (χ4n) is 2.26. The summed E-state index contributed by atoms with van der Waals surface area (Å²) in [5.41, 5.74) is 1.24. The SMILES string of the molecule is CC(C)c1cc(Oc2ccc(F)cc2F)nc(SCc2ccccc2F)n1. The first-order valence-corrected chi connectivity index (χ1v) is 9.29. The van der Waals surface area contributed by atoms with Crippen molar-refractivity contribution in [3.8, 4) is 11.6 Å². The molecule has 0 unspecified atom stereocenters. The van der Waals surface area contributed by atoms with Gasteiger partial charge in [-0.25, -0.2) is 18.2 Å². The Bertz CT molecular complexity index is 950. The molecule has 0 fully saturated rings. The van der Waals surface area contributed by atoms with Gasteiger partial charge >= 0.3 is 0 Å². The van der Waals surface area contributed by atoms with Crippen molar-refractivity contribution in [3.05, 3.63) is 77.2 Å². The Balaban J connectivity index is 1.85. The van der Waals surface area contributed by atoms with Crippen LogP contribution in [0.2, 0.25) is 0 Å². The van der Waals surface area contributed by atoms with E-state index in [-0.39, 0.29) is 23.4 Å². The summed E-state index contributed by atoms with van der Waals surface area (Å²) in [6.45, 7) is 3.91. The third-order valence-corrected chi connectivity index (χ3v) is 4.61. The van der Waals surface area contributed by atoms with Gasteiger partial charge in [-0.05, 0) is 29.7 Å². The second-order valence-corrected chi connectivity index (χ2v) is 7.07. The van der Waals surface area contributed by atoms with E-state index in [0.717, 1.165) is 12.1 Å². The van der Waals surface area contributed by atoms with E-state index in [0.29, 0.717) is 22.2 Å². The topological polar surface area (TPSA) is 35.0 Å². The fourth-order valence-corrected chi connectivity index (χ4v) is 3.10. The van der Waals surface area contributed by atoms with Crippen molar-refractivity contribution in [1.29, 1.82) is 0 Å². The summed E-state index contributed by atoms with van der Waals surface area (Å²) >= 11 is 1.25. The van der Waals surface area contributed by atoms with Gasteiger partial charge in [-0.2, -0.15) is 4.98 Å². The Hall–Kier alpha value is -2.54. The van der Waals surface area contributed by atoms with E-state index < -0.39 is 11.6 Å². The molecule has 0 spiro atoms. The molecule has 1 aromatic heterocycles. The van der Waals surface area contributed by atoms with Gasteiger partial charge in [0.15, 0.2) is 16.7 Å². The van der Waals surface area contributed by atoms with Crippen molar-refractivity contribution in [2.24, 2.45) is 0 Å². The predicted molar refractivity (Wildman–Crippen MR) is 98.5 cm³/mol. The van der Waals surface area contributed by atoms with Crippen LogP contribution in [0, 0.1) is 17.5 Å². The van der Waals surface area contributed by atoms with Crippen LogP contribution >= 0.6 is 11.8 Å². The molecule has 0 saturated carbocycles. The first-order valence-electron chi connectivity index (χ1n) is 8.30. The van der Waals surface area contributed by atoms with Crippen LogP contribution in [0.5, 0.6) is 11.6 Å². The summed E-state index contributed by atoms with van der Waals surface area (Å²) in [5.74, 6) is -1.36. The fraction of sp³-hybridized carbons (Fsp3) is 0.200. The molecule has 140 valence electrons. The number of rotatable bonds is 6. The van der Waals surface area contributed by atoms with E-state index in [1.807, 2.05) is 13.8 Å². The second-order valence-electron chi connectivity index (χ2n) is 6.13. The molecule has 27 heavy (non-hydrogen) atoms. The molecule has 3 aromatic rings. The van der Waals surface area contributed by atoms with Gasteiger partial charge in [0.2, 0.25) is 5.88 Å². The summed E-state index contributed by atoms with van der Waals surface area (Å²) in [6, 6.07) is 11.1. The Labute approximate surface area is 159 Å². The van der Waals surface area contributed by atoms with Crippen molar-refractivity contribution in [3.63, 3.8) is 0 Å². The molecule has 0 saturated heterocycles. The van der Waals surface area contributed by atoms with E-state index in [1.165, 1.54) is 23.9 Å². The second kappa shape index (κ2) is 8.43. The lowest BCUT2D eigenvalue weighted by molar-refractivity contribution is 0.417. The average Bonchev–Trinajstić information content (AvgIpc) is 2.63. The predicted octanol–water partition coefficient (Wildman–Crippen LogP) is 6.10. The van der Waals surface area contributed by atoms with Crippen molar-refractivity contribution < 1.29 is 17.9 Å². The standard InChI is InChI=1S/C20H17F3N2OS/c1-12(2)17-10-19(26-18-8-7-14(21)9-16(18)23)25-20(24-17)27-11-13-5-3-4-6-15(13)22/h3-10,12H,11H2,1-2H3. The van der Waals surface area contributed by atoms with Gasteiger partial charge in [-0.15, -0.1) is 0 Å².